The van der Waals surface area contributed by atoms with Gasteiger partial charge in [-0.15, -0.1) is 0 Å². The highest BCUT2D eigenvalue weighted by Crippen LogP contribution is 2.30. The molecular weight excluding hydrogens is 460 g/mol. The number of hydrogen-bond donors (Lipinski definition) is 3. The van der Waals surface area contributed by atoms with Gasteiger partial charge in [-0.05, 0) is 64.3 Å². The molecule has 3 N–H and O–H groups in total. The van der Waals surface area contributed by atoms with E-state index in [1.807, 2.05) is 0 Å². The summed E-state index contributed by atoms with van der Waals surface area (Å²) in [4.78, 5) is 11.7. The Labute approximate surface area is 201 Å². The standard InChI is InChI=1S/C23H33ClN6O2S/c1-16(2)33(31,32)21-6-4-3-5-20(21)28-22-19(24)13-26-23(29-22)27-18-9-12-30(15-18)14-17-7-10-25-11-8-17/h3-6,13,16-18,25H,7-12,14-15H2,1-2H3,(H2,26,27,28,29)/t18-/m1/s1. The van der Waals surface area contributed by atoms with Gasteiger partial charge in [-0.3, -0.25) is 0 Å². The Balaban J connectivity index is 1.43. The number of piperidine rings is 1. The molecule has 1 atom stereocenters. The molecule has 0 unspecified atom stereocenters. The van der Waals surface area contributed by atoms with Gasteiger partial charge in [0.2, 0.25) is 5.95 Å². The molecule has 10 heteroatoms. The van der Waals surface area contributed by atoms with Crippen LogP contribution in [0.5, 0.6) is 0 Å². The molecule has 0 spiro atoms. The van der Waals surface area contributed by atoms with E-state index < -0.39 is 15.1 Å². The van der Waals surface area contributed by atoms with Crippen LogP contribution in [0.25, 0.3) is 0 Å². The summed E-state index contributed by atoms with van der Waals surface area (Å²) >= 11 is 6.35. The van der Waals surface area contributed by atoms with E-state index in [9.17, 15) is 8.42 Å². The van der Waals surface area contributed by atoms with Crippen LogP contribution in [0, 0.1) is 5.92 Å². The normalized spacial score (nSPS) is 20.3. The summed E-state index contributed by atoms with van der Waals surface area (Å²) in [5.41, 5.74) is 0.451. The van der Waals surface area contributed by atoms with Crippen molar-refractivity contribution in [3.05, 3.63) is 35.5 Å². The Morgan fingerprint density at radius 2 is 1.97 bits per heavy atom. The van der Waals surface area contributed by atoms with E-state index in [2.05, 4.69) is 30.8 Å². The number of nitrogens with zero attached hydrogens (tertiary/aromatic N) is 3. The Bertz CT molecular complexity index is 1060. The molecule has 2 fully saturated rings. The van der Waals surface area contributed by atoms with Crippen molar-refractivity contribution in [2.45, 2.75) is 49.3 Å². The number of sulfone groups is 1. The first-order valence-electron chi connectivity index (χ1n) is 11.6. The largest absolute Gasteiger partial charge is 0.350 e. The third-order valence-corrected chi connectivity index (χ3v) is 8.88. The van der Waals surface area contributed by atoms with Crippen molar-refractivity contribution in [2.24, 2.45) is 5.92 Å². The van der Waals surface area contributed by atoms with E-state index in [0.717, 1.165) is 45.1 Å². The minimum atomic E-state index is -3.46. The molecule has 0 radical (unpaired) electrons. The predicted octanol–water partition coefficient (Wildman–Crippen LogP) is 3.54. The summed E-state index contributed by atoms with van der Waals surface area (Å²) in [6.07, 6.45) is 5.07. The minimum absolute atomic E-state index is 0.230. The molecule has 3 heterocycles. The van der Waals surface area contributed by atoms with Gasteiger partial charge in [-0.1, -0.05) is 23.7 Å². The summed E-state index contributed by atoms with van der Waals surface area (Å²) in [5.74, 6) is 1.64. The van der Waals surface area contributed by atoms with Crippen LogP contribution < -0.4 is 16.0 Å². The first-order chi connectivity index (χ1) is 15.8. The van der Waals surface area contributed by atoms with Gasteiger partial charge < -0.3 is 20.9 Å². The number of para-hydroxylation sites is 1. The van der Waals surface area contributed by atoms with Crippen LogP contribution >= 0.6 is 11.6 Å². The quantitative estimate of drug-likeness (QED) is 0.514. The number of anilines is 3. The number of rotatable bonds is 8. The number of hydrogen-bond acceptors (Lipinski definition) is 8. The fourth-order valence-corrected chi connectivity index (χ4v) is 5.79. The molecule has 0 bridgehead atoms. The van der Waals surface area contributed by atoms with E-state index in [1.165, 1.54) is 12.8 Å². The van der Waals surface area contributed by atoms with Gasteiger partial charge in [0.1, 0.15) is 5.02 Å². The van der Waals surface area contributed by atoms with Gasteiger partial charge in [0.05, 0.1) is 22.0 Å². The van der Waals surface area contributed by atoms with Crippen LogP contribution in [0.1, 0.15) is 33.1 Å². The number of likely N-dealkylation sites (tertiary alicyclic amines) is 1. The molecule has 1 aromatic carbocycles. The topological polar surface area (TPSA) is 99.2 Å². The lowest BCUT2D eigenvalue weighted by atomic mass is 9.98. The second-order valence-electron chi connectivity index (χ2n) is 9.19. The zero-order valence-corrected chi connectivity index (χ0v) is 20.8. The van der Waals surface area contributed by atoms with Crippen molar-refractivity contribution >= 4 is 38.9 Å². The fraction of sp³-hybridized carbons (Fsp3) is 0.565. The first kappa shape index (κ1) is 24.2. The molecule has 2 aliphatic rings. The van der Waals surface area contributed by atoms with Crippen LogP contribution in [0.4, 0.5) is 17.5 Å². The Morgan fingerprint density at radius 3 is 2.73 bits per heavy atom. The summed E-state index contributed by atoms with van der Waals surface area (Å²) in [6, 6.07) is 7.09. The minimum Gasteiger partial charge on any atom is -0.350 e. The van der Waals surface area contributed by atoms with Gasteiger partial charge in [-0.25, -0.2) is 13.4 Å². The van der Waals surface area contributed by atoms with Crippen LogP contribution in [-0.2, 0) is 9.84 Å². The van der Waals surface area contributed by atoms with Crippen molar-refractivity contribution in [3.8, 4) is 0 Å². The smallest absolute Gasteiger partial charge is 0.224 e. The SMILES string of the molecule is CC(C)S(=O)(=O)c1ccccc1Nc1nc(N[C@@H]2CCN(CC3CCNCC3)C2)ncc1Cl. The van der Waals surface area contributed by atoms with Crippen molar-refractivity contribution in [1.82, 2.24) is 20.2 Å². The van der Waals surface area contributed by atoms with Gasteiger partial charge in [0.25, 0.3) is 0 Å². The van der Waals surface area contributed by atoms with Crippen molar-refractivity contribution in [3.63, 3.8) is 0 Å². The highest BCUT2D eigenvalue weighted by Gasteiger charge is 2.26. The highest BCUT2D eigenvalue weighted by atomic mass is 35.5. The molecule has 0 aliphatic carbocycles. The van der Waals surface area contributed by atoms with E-state index in [1.54, 1.807) is 44.3 Å². The number of benzene rings is 1. The molecule has 2 aromatic rings. The van der Waals surface area contributed by atoms with Gasteiger partial charge in [0, 0.05) is 25.7 Å². The monoisotopic (exact) mass is 492 g/mol. The molecular formula is C23H33ClN6O2S. The maximum atomic E-state index is 12.8. The molecule has 0 amide bonds. The number of halogens is 1. The van der Waals surface area contributed by atoms with E-state index in [0.29, 0.717) is 22.5 Å². The molecule has 4 rings (SSSR count). The van der Waals surface area contributed by atoms with Crippen molar-refractivity contribution < 1.29 is 8.42 Å². The molecule has 2 aliphatic heterocycles. The van der Waals surface area contributed by atoms with E-state index >= 15 is 0 Å². The Kier molecular flexibility index (Phi) is 7.73. The lowest BCUT2D eigenvalue weighted by Gasteiger charge is -2.27. The van der Waals surface area contributed by atoms with Crippen LogP contribution in [0.15, 0.2) is 35.4 Å². The van der Waals surface area contributed by atoms with Gasteiger partial charge >= 0.3 is 0 Å². The third-order valence-electron chi connectivity index (χ3n) is 6.39. The first-order valence-corrected chi connectivity index (χ1v) is 13.6. The van der Waals surface area contributed by atoms with Crippen molar-refractivity contribution in [1.29, 1.82) is 0 Å². The van der Waals surface area contributed by atoms with Gasteiger partial charge in [0.15, 0.2) is 15.7 Å². The summed E-state index contributed by atoms with van der Waals surface area (Å²) in [5, 5.41) is 9.77. The zero-order chi connectivity index (χ0) is 23.4. The zero-order valence-electron chi connectivity index (χ0n) is 19.2. The van der Waals surface area contributed by atoms with E-state index in [-0.39, 0.29) is 10.9 Å². The van der Waals surface area contributed by atoms with Crippen molar-refractivity contribution in [2.75, 3.05) is 43.4 Å². The molecule has 0 saturated carbocycles. The average Bonchev–Trinajstić information content (AvgIpc) is 3.23. The molecule has 180 valence electrons. The highest BCUT2D eigenvalue weighted by molar-refractivity contribution is 7.92. The second-order valence-corrected chi connectivity index (χ2v) is 12.1. The summed E-state index contributed by atoms with van der Waals surface area (Å²) in [7, 11) is -3.46. The molecule has 33 heavy (non-hydrogen) atoms. The predicted molar refractivity (Wildman–Crippen MR) is 133 cm³/mol. The van der Waals surface area contributed by atoms with E-state index in [4.69, 9.17) is 11.6 Å². The summed E-state index contributed by atoms with van der Waals surface area (Å²) in [6.45, 7) is 8.76. The average molecular weight is 493 g/mol. The summed E-state index contributed by atoms with van der Waals surface area (Å²) < 4.78 is 25.5. The third kappa shape index (κ3) is 5.95. The molecule has 1 aromatic heterocycles. The van der Waals surface area contributed by atoms with Crippen LogP contribution in [0.2, 0.25) is 5.02 Å². The lowest BCUT2D eigenvalue weighted by Crippen LogP contribution is -2.36. The van der Waals surface area contributed by atoms with Gasteiger partial charge in [-0.2, -0.15) is 4.98 Å². The number of nitrogens with one attached hydrogen (secondary N) is 3. The lowest BCUT2D eigenvalue weighted by molar-refractivity contribution is 0.239. The Hall–Kier alpha value is -1.94. The Morgan fingerprint density at radius 1 is 1.21 bits per heavy atom. The second kappa shape index (κ2) is 10.5. The number of aromatic nitrogens is 2. The molecule has 8 nitrogen and oxygen atoms in total. The maximum absolute atomic E-state index is 12.8. The van der Waals surface area contributed by atoms with Crippen LogP contribution in [0.3, 0.4) is 0 Å². The fourth-order valence-electron chi connectivity index (χ4n) is 4.45. The maximum Gasteiger partial charge on any atom is 0.224 e. The molecule has 2 saturated heterocycles. The van der Waals surface area contributed by atoms with Crippen LogP contribution in [-0.4, -0.2) is 67.3 Å².